The maximum atomic E-state index is 13.4. The van der Waals surface area contributed by atoms with Crippen LogP contribution in [-0.4, -0.2) is 30.2 Å². The Hall–Kier alpha value is -0.620. The van der Waals surface area contributed by atoms with E-state index in [-0.39, 0.29) is 11.8 Å². The average Bonchev–Trinajstić information content (AvgIpc) is 2.15. The van der Waals surface area contributed by atoms with Crippen LogP contribution in [0.25, 0.3) is 0 Å². The fourth-order valence-electron chi connectivity index (χ4n) is 0.982. The molecule has 0 aliphatic heterocycles. The van der Waals surface area contributed by atoms with Gasteiger partial charge in [-0.05, 0) is 30.0 Å². The van der Waals surface area contributed by atoms with Crippen molar-refractivity contribution in [3.05, 3.63) is 28.7 Å². The van der Waals surface area contributed by atoms with Gasteiger partial charge in [0.25, 0.3) is 0 Å². The van der Waals surface area contributed by atoms with Crippen LogP contribution < -0.4 is 0 Å². The molecule has 1 amide bonds. The zero-order valence-corrected chi connectivity index (χ0v) is 11.1. The van der Waals surface area contributed by atoms with Gasteiger partial charge in [-0.15, -0.1) is 0 Å². The van der Waals surface area contributed by atoms with Gasteiger partial charge in [0.1, 0.15) is 0 Å². The molecule has 2 nitrogen and oxygen atoms in total. The predicted octanol–water partition coefficient (Wildman–Crippen LogP) is 3.22. The second-order valence-electron chi connectivity index (χ2n) is 3.28. The second kappa shape index (κ2) is 5.14. The molecule has 0 N–H and O–H groups in total. The van der Waals surface area contributed by atoms with Gasteiger partial charge in [0.15, 0.2) is 0 Å². The van der Waals surface area contributed by atoms with Crippen molar-refractivity contribution in [2.75, 3.05) is 14.1 Å². The molecule has 1 aromatic rings. The molecule has 1 rings (SSSR count). The molecule has 0 heterocycles. The molecule has 6 heteroatoms. The van der Waals surface area contributed by atoms with Crippen LogP contribution in [-0.2, 0) is 4.79 Å². The Morgan fingerprint density at radius 1 is 1.44 bits per heavy atom. The number of halogens is 3. The molecule has 0 atom stereocenters. The molecule has 0 radical (unpaired) electrons. The molecule has 0 saturated heterocycles. The summed E-state index contributed by atoms with van der Waals surface area (Å²) in [4.78, 5) is 12.4. The van der Waals surface area contributed by atoms with E-state index in [9.17, 15) is 13.6 Å². The maximum Gasteiger partial charge on any atom is 0.375 e. The summed E-state index contributed by atoms with van der Waals surface area (Å²) < 4.78 is 27.6. The van der Waals surface area contributed by atoms with E-state index < -0.39 is 11.2 Å². The van der Waals surface area contributed by atoms with Crippen molar-refractivity contribution in [2.24, 2.45) is 0 Å². The lowest BCUT2D eigenvalue weighted by Crippen LogP contribution is -2.36. The topological polar surface area (TPSA) is 20.3 Å². The fourth-order valence-corrected chi connectivity index (χ4v) is 2.43. The third-order valence-electron chi connectivity index (χ3n) is 1.70. The lowest BCUT2D eigenvalue weighted by Gasteiger charge is -2.19. The standard InChI is InChI=1S/C10H10BrF2NOS/c1-14(2)9(15)10(12,13)16-8-5-3-4-7(11)6-8/h3-6H,1-2H3. The van der Waals surface area contributed by atoms with Crippen LogP contribution in [0.5, 0.6) is 0 Å². The molecule has 16 heavy (non-hydrogen) atoms. The Morgan fingerprint density at radius 2 is 2.06 bits per heavy atom. The first-order valence-corrected chi connectivity index (χ1v) is 5.98. The summed E-state index contributed by atoms with van der Waals surface area (Å²) in [5.41, 5.74) is 0. The van der Waals surface area contributed by atoms with Crippen LogP contribution >= 0.6 is 27.7 Å². The minimum absolute atomic E-state index is 0.242. The van der Waals surface area contributed by atoms with Crippen molar-refractivity contribution in [1.29, 1.82) is 0 Å². The SMILES string of the molecule is CN(C)C(=O)C(F)(F)Sc1cccc(Br)c1. The number of carbonyl (C=O) groups excluding carboxylic acids is 1. The number of hydrogen-bond acceptors (Lipinski definition) is 2. The maximum absolute atomic E-state index is 13.4. The first-order chi connectivity index (χ1) is 7.33. The molecule has 0 spiro atoms. The van der Waals surface area contributed by atoms with E-state index in [2.05, 4.69) is 15.9 Å². The highest BCUT2D eigenvalue weighted by Gasteiger charge is 2.41. The van der Waals surface area contributed by atoms with Gasteiger partial charge in [-0.2, -0.15) is 8.78 Å². The number of alkyl halides is 2. The van der Waals surface area contributed by atoms with Gasteiger partial charge in [0, 0.05) is 23.5 Å². The minimum atomic E-state index is -3.44. The summed E-state index contributed by atoms with van der Waals surface area (Å²) in [7, 11) is 2.61. The van der Waals surface area contributed by atoms with E-state index in [1.165, 1.54) is 20.2 Å². The van der Waals surface area contributed by atoms with E-state index in [0.29, 0.717) is 9.37 Å². The van der Waals surface area contributed by atoms with E-state index in [0.717, 1.165) is 4.90 Å². The summed E-state index contributed by atoms with van der Waals surface area (Å²) in [5, 5.41) is -3.44. The van der Waals surface area contributed by atoms with Crippen LogP contribution in [0.2, 0.25) is 0 Å². The van der Waals surface area contributed by atoms with Gasteiger partial charge in [0.2, 0.25) is 0 Å². The van der Waals surface area contributed by atoms with Crippen LogP contribution in [0.3, 0.4) is 0 Å². The predicted molar refractivity (Wildman–Crippen MR) is 63.6 cm³/mol. The molecule has 0 aliphatic rings. The second-order valence-corrected chi connectivity index (χ2v) is 5.38. The number of carbonyl (C=O) groups is 1. The highest BCUT2D eigenvalue weighted by Crippen LogP contribution is 2.37. The molecule has 0 aliphatic carbocycles. The van der Waals surface area contributed by atoms with Crippen LogP contribution in [0.1, 0.15) is 0 Å². The van der Waals surface area contributed by atoms with E-state index in [1.54, 1.807) is 18.2 Å². The lowest BCUT2D eigenvalue weighted by molar-refractivity contribution is -0.143. The number of nitrogens with zero attached hydrogens (tertiary/aromatic N) is 1. The Bertz CT molecular complexity index is 398. The molecular formula is C10H10BrF2NOS. The summed E-state index contributed by atoms with van der Waals surface area (Å²) in [6.45, 7) is 0. The van der Waals surface area contributed by atoms with Gasteiger partial charge >= 0.3 is 11.2 Å². The summed E-state index contributed by atoms with van der Waals surface area (Å²) in [5.74, 6) is -1.21. The Labute approximate surface area is 105 Å². The largest absolute Gasteiger partial charge is 0.375 e. The number of benzene rings is 1. The van der Waals surface area contributed by atoms with Crippen LogP contribution in [0.15, 0.2) is 33.6 Å². The zero-order valence-electron chi connectivity index (χ0n) is 8.71. The number of rotatable bonds is 3. The molecule has 0 aromatic heterocycles. The minimum Gasteiger partial charge on any atom is -0.343 e. The van der Waals surface area contributed by atoms with Gasteiger partial charge in [0.05, 0.1) is 0 Å². The first kappa shape index (κ1) is 13.4. The lowest BCUT2D eigenvalue weighted by atomic mass is 10.4. The highest BCUT2D eigenvalue weighted by atomic mass is 79.9. The summed E-state index contributed by atoms with van der Waals surface area (Å²) >= 11 is 3.42. The van der Waals surface area contributed by atoms with Gasteiger partial charge in [-0.1, -0.05) is 22.0 Å². The molecule has 0 bridgehead atoms. The molecule has 0 fully saturated rings. The third-order valence-corrected chi connectivity index (χ3v) is 3.11. The van der Waals surface area contributed by atoms with Crippen molar-refractivity contribution in [3.63, 3.8) is 0 Å². The number of hydrogen-bond donors (Lipinski definition) is 0. The van der Waals surface area contributed by atoms with Crippen molar-refractivity contribution >= 4 is 33.6 Å². The first-order valence-electron chi connectivity index (χ1n) is 4.37. The van der Waals surface area contributed by atoms with Crippen molar-refractivity contribution < 1.29 is 13.6 Å². The number of thioether (sulfide) groups is 1. The third kappa shape index (κ3) is 3.45. The summed E-state index contributed by atoms with van der Waals surface area (Å²) in [6.07, 6.45) is 0. The molecular weight excluding hydrogens is 300 g/mol. The molecule has 88 valence electrons. The summed E-state index contributed by atoms with van der Waals surface area (Å²) in [6, 6.07) is 6.45. The smallest absolute Gasteiger partial charge is 0.343 e. The Balaban J connectivity index is 2.84. The molecule has 1 aromatic carbocycles. The van der Waals surface area contributed by atoms with E-state index in [1.807, 2.05) is 0 Å². The van der Waals surface area contributed by atoms with E-state index >= 15 is 0 Å². The van der Waals surface area contributed by atoms with Crippen LogP contribution in [0, 0.1) is 0 Å². The average molecular weight is 310 g/mol. The van der Waals surface area contributed by atoms with Gasteiger partial charge in [-0.25, -0.2) is 0 Å². The van der Waals surface area contributed by atoms with Gasteiger partial charge in [-0.3, -0.25) is 4.79 Å². The highest BCUT2D eigenvalue weighted by molar-refractivity contribution is 9.10. The Kier molecular flexibility index (Phi) is 4.32. The molecule has 0 saturated carbocycles. The Morgan fingerprint density at radius 3 is 2.56 bits per heavy atom. The van der Waals surface area contributed by atoms with Crippen molar-refractivity contribution in [1.82, 2.24) is 4.90 Å². The number of amides is 1. The quantitative estimate of drug-likeness (QED) is 0.799. The van der Waals surface area contributed by atoms with Crippen molar-refractivity contribution in [2.45, 2.75) is 10.2 Å². The van der Waals surface area contributed by atoms with Crippen molar-refractivity contribution in [3.8, 4) is 0 Å². The fraction of sp³-hybridized carbons (Fsp3) is 0.300. The molecule has 0 unspecified atom stereocenters. The van der Waals surface area contributed by atoms with E-state index in [4.69, 9.17) is 0 Å². The normalized spacial score (nSPS) is 11.3. The van der Waals surface area contributed by atoms with Crippen LogP contribution in [0.4, 0.5) is 8.78 Å². The van der Waals surface area contributed by atoms with Gasteiger partial charge < -0.3 is 4.90 Å². The monoisotopic (exact) mass is 309 g/mol. The zero-order chi connectivity index (χ0) is 12.3.